The van der Waals surface area contributed by atoms with Crippen molar-refractivity contribution in [3.8, 4) is 0 Å². The highest BCUT2D eigenvalue weighted by atomic mass is 16.3. The third kappa shape index (κ3) is 4.55. The van der Waals surface area contributed by atoms with Crippen LogP contribution in [0.4, 0.5) is 0 Å². The lowest BCUT2D eigenvalue weighted by Crippen LogP contribution is -2.45. The molecule has 6 heteroatoms. The largest absolute Gasteiger partial charge is 0.395 e. The number of aliphatic hydroxyl groups is 2. The molecular formula is C18H26N2O4. The lowest BCUT2D eigenvalue weighted by atomic mass is 9.89. The molecule has 24 heavy (non-hydrogen) atoms. The predicted octanol–water partition coefficient (Wildman–Crippen LogP) is 0.556. The van der Waals surface area contributed by atoms with E-state index in [2.05, 4.69) is 17.4 Å². The van der Waals surface area contributed by atoms with Crippen molar-refractivity contribution in [3.05, 3.63) is 34.9 Å². The summed E-state index contributed by atoms with van der Waals surface area (Å²) in [5.41, 5.74) is 3.68. The normalized spacial score (nSPS) is 14.6. The van der Waals surface area contributed by atoms with Crippen LogP contribution in [0.3, 0.4) is 0 Å². The molecule has 1 aromatic carbocycles. The summed E-state index contributed by atoms with van der Waals surface area (Å²) in [4.78, 5) is 25.4. The van der Waals surface area contributed by atoms with Gasteiger partial charge in [-0.15, -0.1) is 0 Å². The molecule has 1 aromatic rings. The first kappa shape index (κ1) is 18.4. The first-order chi connectivity index (χ1) is 11.6. The van der Waals surface area contributed by atoms with Crippen LogP contribution in [0.5, 0.6) is 0 Å². The minimum absolute atomic E-state index is 0.0278. The van der Waals surface area contributed by atoms with Gasteiger partial charge in [0.15, 0.2) is 0 Å². The summed E-state index contributed by atoms with van der Waals surface area (Å²) < 4.78 is 0. The lowest BCUT2D eigenvalue weighted by Gasteiger charge is -2.22. The van der Waals surface area contributed by atoms with Crippen molar-refractivity contribution in [1.29, 1.82) is 0 Å². The van der Waals surface area contributed by atoms with Gasteiger partial charge in [-0.3, -0.25) is 9.59 Å². The fourth-order valence-electron chi connectivity index (χ4n) is 3.06. The fourth-order valence-corrected chi connectivity index (χ4v) is 3.06. The van der Waals surface area contributed by atoms with E-state index < -0.39 is 11.8 Å². The molecule has 0 aromatic heterocycles. The van der Waals surface area contributed by atoms with E-state index in [0.717, 1.165) is 23.3 Å². The molecular weight excluding hydrogens is 308 g/mol. The van der Waals surface area contributed by atoms with Crippen LogP contribution in [0, 0.1) is 0 Å². The van der Waals surface area contributed by atoms with Gasteiger partial charge in [0, 0.05) is 13.1 Å². The number of amides is 2. The molecule has 0 radical (unpaired) electrons. The summed E-state index contributed by atoms with van der Waals surface area (Å²) >= 11 is 0. The molecule has 0 aliphatic heterocycles. The SMILES string of the molecule is CC(NC(=O)C(=O)N(CCO)CCO)c1ccc2c(c1)CCCC2. The topological polar surface area (TPSA) is 89.9 Å². The number of nitrogens with zero attached hydrogens (tertiary/aromatic N) is 1. The van der Waals surface area contributed by atoms with Gasteiger partial charge in [-0.05, 0) is 49.3 Å². The number of hydrogen-bond acceptors (Lipinski definition) is 4. The van der Waals surface area contributed by atoms with Gasteiger partial charge in [0.1, 0.15) is 0 Å². The Morgan fingerprint density at radius 3 is 2.38 bits per heavy atom. The average molecular weight is 334 g/mol. The van der Waals surface area contributed by atoms with Gasteiger partial charge >= 0.3 is 11.8 Å². The second kappa shape index (κ2) is 8.80. The number of aliphatic hydroxyl groups excluding tert-OH is 2. The second-order valence-electron chi connectivity index (χ2n) is 6.17. The Labute approximate surface area is 142 Å². The van der Waals surface area contributed by atoms with E-state index in [0.29, 0.717) is 0 Å². The zero-order valence-corrected chi connectivity index (χ0v) is 14.1. The van der Waals surface area contributed by atoms with Crippen molar-refractivity contribution in [1.82, 2.24) is 10.2 Å². The maximum atomic E-state index is 12.1. The van der Waals surface area contributed by atoms with Crippen LogP contribution >= 0.6 is 0 Å². The number of fused-ring (bicyclic) bond motifs is 1. The molecule has 0 bridgehead atoms. The van der Waals surface area contributed by atoms with Gasteiger partial charge in [0.25, 0.3) is 0 Å². The summed E-state index contributed by atoms with van der Waals surface area (Å²) in [6, 6.07) is 5.94. The highest BCUT2D eigenvalue weighted by molar-refractivity contribution is 6.35. The number of hydrogen-bond donors (Lipinski definition) is 3. The average Bonchev–Trinajstić information content (AvgIpc) is 2.60. The predicted molar refractivity (Wildman–Crippen MR) is 90.4 cm³/mol. The van der Waals surface area contributed by atoms with Crippen LogP contribution in [0.1, 0.15) is 42.5 Å². The molecule has 3 N–H and O–H groups in total. The van der Waals surface area contributed by atoms with E-state index in [1.54, 1.807) is 0 Å². The van der Waals surface area contributed by atoms with Crippen LogP contribution in [0.25, 0.3) is 0 Å². The standard InChI is InChI=1S/C18H26N2O4/c1-13(15-7-6-14-4-2-3-5-16(14)12-15)19-17(23)18(24)20(8-10-21)9-11-22/h6-7,12-13,21-22H,2-5,8-11H2,1H3,(H,19,23). The minimum atomic E-state index is -0.733. The molecule has 0 spiro atoms. The van der Waals surface area contributed by atoms with Crippen molar-refractivity contribution in [2.75, 3.05) is 26.3 Å². The molecule has 1 aliphatic carbocycles. The number of nitrogens with one attached hydrogen (secondary N) is 1. The molecule has 1 unspecified atom stereocenters. The van der Waals surface area contributed by atoms with Crippen LogP contribution in [-0.4, -0.2) is 53.2 Å². The van der Waals surface area contributed by atoms with Crippen molar-refractivity contribution < 1.29 is 19.8 Å². The van der Waals surface area contributed by atoms with Crippen molar-refractivity contribution >= 4 is 11.8 Å². The molecule has 132 valence electrons. The highest BCUT2D eigenvalue weighted by Gasteiger charge is 2.23. The van der Waals surface area contributed by atoms with Gasteiger partial charge in [-0.25, -0.2) is 0 Å². The van der Waals surface area contributed by atoms with E-state index >= 15 is 0 Å². The quantitative estimate of drug-likeness (QED) is 0.663. The van der Waals surface area contributed by atoms with Crippen LogP contribution in [0.2, 0.25) is 0 Å². The molecule has 0 heterocycles. The number of benzene rings is 1. The number of carbonyl (C=O) groups is 2. The fraction of sp³-hybridized carbons (Fsp3) is 0.556. The molecule has 0 saturated carbocycles. The monoisotopic (exact) mass is 334 g/mol. The first-order valence-corrected chi connectivity index (χ1v) is 8.50. The Morgan fingerprint density at radius 2 is 1.75 bits per heavy atom. The molecule has 2 rings (SSSR count). The summed E-state index contributed by atoms with van der Waals surface area (Å²) in [7, 11) is 0. The number of carbonyl (C=O) groups excluding carboxylic acids is 2. The molecule has 2 amide bonds. The van der Waals surface area contributed by atoms with Crippen molar-refractivity contribution in [2.45, 2.75) is 38.6 Å². The molecule has 1 aliphatic rings. The maximum absolute atomic E-state index is 12.1. The van der Waals surface area contributed by atoms with E-state index in [1.165, 1.54) is 24.0 Å². The summed E-state index contributed by atoms with van der Waals surface area (Å²) in [5.74, 6) is -1.45. The Balaban J connectivity index is 2.01. The van der Waals surface area contributed by atoms with Crippen LogP contribution in [0.15, 0.2) is 18.2 Å². The van der Waals surface area contributed by atoms with E-state index in [9.17, 15) is 9.59 Å². The van der Waals surface area contributed by atoms with E-state index in [1.807, 2.05) is 13.0 Å². The second-order valence-corrected chi connectivity index (χ2v) is 6.17. The Hall–Kier alpha value is -1.92. The highest BCUT2D eigenvalue weighted by Crippen LogP contribution is 2.24. The minimum Gasteiger partial charge on any atom is -0.395 e. The summed E-state index contributed by atoms with van der Waals surface area (Å²) in [6.07, 6.45) is 4.57. The van der Waals surface area contributed by atoms with Gasteiger partial charge < -0.3 is 20.4 Å². The Bertz CT molecular complexity index is 582. The van der Waals surface area contributed by atoms with E-state index in [-0.39, 0.29) is 32.3 Å². The zero-order chi connectivity index (χ0) is 17.5. The lowest BCUT2D eigenvalue weighted by molar-refractivity contribution is -0.146. The van der Waals surface area contributed by atoms with Crippen LogP contribution in [-0.2, 0) is 22.4 Å². The summed E-state index contributed by atoms with van der Waals surface area (Å²) in [6.45, 7) is 1.40. The van der Waals surface area contributed by atoms with Gasteiger partial charge in [0.2, 0.25) is 0 Å². The Kier molecular flexibility index (Phi) is 6.75. The summed E-state index contributed by atoms with van der Waals surface area (Å²) in [5, 5.41) is 20.6. The maximum Gasteiger partial charge on any atom is 0.312 e. The zero-order valence-electron chi connectivity index (χ0n) is 14.1. The molecule has 6 nitrogen and oxygen atoms in total. The van der Waals surface area contributed by atoms with Crippen molar-refractivity contribution in [3.63, 3.8) is 0 Å². The smallest absolute Gasteiger partial charge is 0.312 e. The van der Waals surface area contributed by atoms with E-state index in [4.69, 9.17) is 10.2 Å². The van der Waals surface area contributed by atoms with Crippen LogP contribution < -0.4 is 5.32 Å². The third-order valence-electron chi connectivity index (χ3n) is 4.44. The molecule has 1 atom stereocenters. The number of aryl methyl sites for hydroxylation is 2. The first-order valence-electron chi connectivity index (χ1n) is 8.50. The number of rotatable bonds is 6. The van der Waals surface area contributed by atoms with Gasteiger partial charge in [-0.2, -0.15) is 0 Å². The Morgan fingerprint density at radius 1 is 1.12 bits per heavy atom. The molecule has 0 saturated heterocycles. The van der Waals surface area contributed by atoms with Gasteiger partial charge in [-0.1, -0.05) is 18.2 Å². The van der Waals surface area contributed by atoms with Gasteiger partial charge in [0.05, 0.1) is 19.3 Å². The third-order valence-corrected chi connectivity index (χ3v) is 4.44. The molecule has 0 fully saturated rings. The van der Waals surface area contributed by atoms with Crippen molar-refractivity contribution in [2.24, 2.45) is 0 Å².